The summed E-state index contributed by atoms with van der Waals surface area (Å²) in [6.07, 6.45) is -10.1. The summed E-state index contributed by atoms with van der Waals surface area (Å²) in [5.41, 5.74) is -4.29. The molecule has 39 heavy (non-hydrogen) atoms. The van der Waals surface area contributed by atoms with Gasteiger partial charge in [0, 0.05) is 22.5 Å². The maximum Gasteiger partial charge on any atom is 0.417 e. The van der Waals surface area contributed by atoms with E-state index >= 15 is 0 Å². The minimum Gasteiger partial charge on any atom is -0.322 e. The molecule has 202 valence electrons. The average molecular weight is 544 g/mol. The second-order valence-corrected chi connectivity index (χ2v) is 8.16. The molecular weight excluding hydrogens is 522 g/mol. The van der Waals surface area contributed by atoms with Gasteiger partial charge in [-0.15, -0.1) is 0 Å². The Bertz CT molecular complexity index is 1350. The average Bonchev–Trinajstić information content (AvgIpc) is 2.88. The van der Waals surface area contributed by atoms with Crippen molar-refractivity contribution < 1.29 is 35.9 Å². The molecule has 0 saturated heterocycles. The summed E-state index contributed by atoms with van der Waals surface area (Å²) in [5, 5.41) is 4.66. The summed E-state index contributed by atoms with van der Waals surface area (Å²) in [5.74, 6) is -1.36. The Hall–Kier alpha value is -4.60. The van der Waals surface area contributed by atoms with Gasteiger partial charge in [-0.05, 0) is 59.7 Å². The molecule has 0 saturated carbocycles. The van der Waals surface area contributed by atoms with E-state index in [-0.39, 0.29) is 29.9 Å². The summed E-state index contributed by atoms with van der Waals surface area (Å²) in [7, 11) is 0. The van der Waals surface area contributed by atoms with Gasteiger partial charge in [-0.25, -0.2) is 0 Å². The first-order valence-electron chi connectivity index (χ1n) is 11.1. The smallest absolute Gasteiger partial charge is 0.322 e. The van der Waals surface area contributed by atoms with E-state index < -0.39 is 46.4 Å². The van der Waals surface area contributed by atoms with Crippen LogP contribution in [0.25, 0.3) is 11.1 Å². The van der Waals surface area contributed by atoms with Crippen LogP contribution in [0, 0.1) is 0 Å². The lowest BCUT2D eigenvalue weighted by atomic mass is 9.93. The van der Waals surface area contributed by atoms with E-state index in [1.807, 2.05) is 0 Å². The van der Waals surface area contributed by atoms with Crippen molar-refractivity contribution in [3.8, 4) is 11.1 Å². The van der Waals surface area contributed by atoms with E-state index in [4.69, 9.17) is 0 Å². The molecule has 0 heterocycles. The van der Waals surface area contributed by atoms with Crippen LogP contribution in [0.4, 0.5) is 37.7 Å². The Labute approximate surface area is 220 Å². The molecule has 2 amide bonds. The summed E-state index contributed by atoms with van der Waals surface area (Å²) in [4.78, 5) is 24.7. The first-order chi connectivity index (χ1) is 17.9. The van der Waals surface area contributed by atoms with E-state index in [9.17, 15) is 35.9 Å². The number of nitrogens with one attached hydrogen (secondary N) is 2. The molecule has 4 rings (SSSR count). The van der Waals surface area contributed by atoms with Crippen LogP contribution in [0.5, 0.6) is 0 Å². The molecule has 0 aliphatic heterocycles. The molecule has 0 fully saturated rings. The van der Waals surface area contributed by atoms with Crippen molar-refractivity contribution in [2.75, 3.05) is 10.6 Å². The Kier molecular flexibility index (Phi) is 8.48. The molecule has 2 N–H and O–H groups in total. The van der Waals surface area contributed by atoms with Gasteiger partial charge in [0.25, 0.3) is 11.8 Å². The molecule has 0 aliphatic carbocycles. The fourth-order valence-corrected chi connectivity index (χ4v) is 3.77. The van der Waals surface area contributed by atoms with Gasteiger partial charge in [-0.3, -0.25) is 9.59 Å². The van der Waals surface area contributed by atoms with E-state index in [0.717, 1.165) is 24.3 Å². The monoisotopic (exact) mass is 544 g/mol. The molecule has 0 bridgehead atoms. The molecule has 0 radical (unpaired) electrons. The summed E-state index contributed by atoms with van der Waals surface area (Å²) in [6.45, 7) is 0. The maximum absolute atomic E-state index is 14.0. The molecule has 4 aromatic rings. The molecular formula is C29H22F6N2O2. The molecule has 0 unspecified atom stereocenters. The van der Waals surface area contributed by atoms with E-state index in [2.05, 4.69) is 10.6 Å². The molecule has 0 atom stereocenters. The zero-order chi connectivity index (χ0) is 27.5. The zero-order valence-corrected chi connectivity index (χ0v) is 19.3. The van der Waals surface area contributed by atoms with Crippen LogP contribution in [0.15, 0.2) is 97.1 Å². The van der Waals surface area contributed by atoms with Crippen LogP contribution >= 0.6 is 0 Å². The fourth-order valence-electron chi connectivity index (χ4n) is 3.77. The molecule has 10 heteroatoms. The van der Waals surface area contributed by atoms with Gasteiger partial charge < -0.3 is 10.6 Å². The number of carbonyl (C=O) groups is 2. The number of rotatable bonds is 5. The minimum absolute atomic E-state index is 0. The Balaban J connectivity index is 0.00000420. The number of carbonyl (C=O) groups excluding carboxylic acids is 2. The largest absolute Gasteiger partial charge is 0.417 e. The minimum atomic E-state index is -5.04. The van der Waals surface area contributed by atoms with E-state index in [1.165, 1.54) is 24.3 Å². The van der Waals surface area contributed by atoms with Crippen LogP contribution in [0.1, 0.15) is 39.3 Å². The van der Waals surface area contributed by atoms with Gasteiger partial charge in [0.05, 0.1) is 11.1 Å². The Morgan fingerprint density at radius 1 is 0.513 bits per heavy atom. The van der Waals surface area contributed by atoms with Crippen molar-refractivity contribution in [1.82, 2.24) is 0 Å². The van der Waals surface area contributed by atoms with E-state index in [1.54, 1.807) is 36.4 Å². The fraction of sp³-hybridized carbons (Fsp3) is 0.103. The van der Waals surface area contributed by atoms with Gasteiger partial charge in [0.15, 0.2) is 0 Å². The first kappa shape index (κ1) is 29.0. The van der Waals surface area contributed by atoms with Gasteiger partial charge >= 0.3 is 12.4 Å². The number of benzene rings is 4. The Morgan fingerprint density at radius 2 is 0.846 bits per heavy atom. The first-order valence-corrected chi connectivity index (χ1v) is 11.1. The number of amides is 2. The van der Waals surface area contributed by atoms with Crippen molar-refractivity contribution in [3.63, 3.8) is 0 Å². The Morgan fingerprint density at radius 3 is 1.15 bits per heavy atom. The number of halogens is 6. The zero-order valence-electron chi connectivity index (χ0n) is 19.3. The highest BCUT2D eigenvalue weighted by Gasteiger charge is 2.39. The van der Waals surface area contributed by atoms with Crippen molar-refractivity contribution in [3.05, 3.63) is 119 Å². The third-order valence-corrected chi connectivity index (χ3v) is 5.53. The van der Waals surface area contributed by atoms with Crippen LogP contribution < -0.4 is 10.6 Å². The molecule has 0 aromatic heterocycles. The highest BCUT2D eigenvalue weighted by Crippen LogP contribution is 2.44. The molecule has 4 nitrogen and oxygen atoms in total. The lowest BCUT2D eigenvalue weighted by molar-refractivity contribution is -0.139. The number of hydrogen-bond acceptors (Lipinski definition) is 2. The van der Waals surface area contributed by atoms with E-state index in [0.29, 0.717) is 12.1 Å². The third kappa shape index (κ3) is 6.84. The summed E-state index contributed by atoms with van der Waals surface area (Å²) < 4.78 is 83.9. The van der Waals surface area contributed by atoms with Gasteiger partial charge in [-0.1, -0.05) is 56.0 Å². The SMILES string of the molecule is C.O=C(Nc1ccc(-c2ccc(NC(=O)c3ccccc3)cc2C(F)(F)F)c(C(F)(F)F)c1)c1ccccc1. The number of alkyl halides is 6. The summed E-state index contributed by atoms with van der Waals surface area (Å²) >= 11 is 0. The lowest BCUT2D eigenvalue weighted by Crippen LogP contribution is -2.16. The van der Waals surface area contributed by atoms with Crippen molar-refractivity contribution in [1.29, 1.82) is 0 Å². The van der Waals surface area contributed by atoms with Gasteiger partial charge in [-0.2, -0.15) is 26.3 Å². The second kappa shape index (κ2) is 11.4. The maximum atomic E-state index is 14.0. The predicted molar refractivity (Wildman–Crippen MR) is 137 cm³/mol. The molecule has 0 aliphatic rings. The highest BCUT2D eigenvalue weighted by atomic mass is 19.4. The van der Waals surface area contributed by atoms with Crippen LogP contribution in [-0.2, 0) is 12.4 Å². The number of hydrogen-bond donors (Lipinski definition) is 2. The standard InChI is InChI=1S/C28H18F6N2O2.CH4/c29-27(30,31)23-15-19(35-25(37)17-7-3-1-4-8-17)11-13-21(23)22-14-12-20(16-24(22)28(32,33)34)36-26(38)18-9-5-2-6-10-18;/h1-16H,(H,35,37)(H,36,38);1H4. The lowest BCUT2D eigenvalue weighted by Gasteiger charge is -2.20. The second-order valence-electron chi connectivity index (χ2n) is 8.16. The van der Waals surface area contributed by atoms with Gasteiger partial charge in [0.2, 0.25) is 0 Å². The van der Waals surface area contributed by atoms with Crippen LogP contribution in [-0.4, -0.2) is 11.8 Å². The normalized spacial score (nSPS) is 11.3. The summed E-state index contributed by atoms with van der Waals surface area (Å²) in [6, 6.07) is 20.5. The van der Waals surface area contributed by atoms with Crippen molar-refractivity contribution >= 4 is 23.2 Å². The van der Waals surface area contributed by atoms with Gasteiger partial charge in [0.1, 0.15) is 0 Å². The predicted octanol–water partition coefficient (Wildman–Crippen LogP) is 8.53. The third-order valence-electron chi connectivity index (χ3n) is 5.53. The number of anilines is 2. The molecule has 4 aromatic carbocycles. The topological polar surface area (TPSA) is 58.2 Å². The van der Waals surface area contributed by atoms with Crippen LogP contribution in [0.2, 0.25) is 0 Å². The van der Waals surface area contributed by atoms with Crippen LogP contribution in [0.3, 0.4) is 0 Å². The molecule has 0 spiro atoms. The highest BCUT2D eigenvalue weighted by molar-refractivity contribution is 6.05. The van der Waals surface area contributed by atoms with Crippen molar-refractivity contribution in [2.24, 2.45) is 0 Å². The van der Waals surface area contributed by atoms with Crippen molar-refractivity contribution in [2.45, 2.75) is 19.8 Å². The quantitative estimate of drug-likeness (QED) is 0.248.